The van der Waals surface area contributed by atoms with Gasteiger partial charge < -0.3 is 29.2 Å². The van der Waals surface area contributed by atoms with E-state index in [1.165, 1.54) is 42.5 Å². The monoisotopic (exact) mass is 739 g/mol. The van der Waals surface area contributed by atoms with Crippen LogP contribution < -0.4 is 14.2 Å². The van der Waals surface area contributed by atoms with Gasteiger partial charge in [-0.1, -0.05) is 5.57 Å². The molecular formula is C39H28F3N3O9. The van der Waals surface area contributed by atoms with Crippen molar-refractivity contribution in [3.05, 3.63) is 131 Å². The first-order valence-electron chi connectivity index (χ1n) is 16.1. The van der Waals surface area contributed by atoms with Crippen LogP contribution in [0.3, 0.4) is 0 Å². The van der Waals surface area contributed by atoms with Crippen molar-refractivity contribution >= 4 is 50.6 Å². The molecule has 0 saturated heterocycles. The highest BCUT2D eigenvalue weighted by atomic mass is 19.1. The highest BCUT2D eigenvalue weighted by molar-refractivity contribution is 5.95. The van der Waals surface area contributed by atoms with Crippen LogP contribution in [0.4, 0.5) is 13.2 Å². The Kier molecular flexibility index (Phi) is 10.7. The molecule has 15 heteroatoms. The number of benzene rings is 3. The lowest BCUT2D eigenvalue weighted by atomic mass is 10.1. The molecular weight excluding hydrogens is 711 g/mol. The molecule has 0 fully saturated rings. The topological polar surface area (TPSA) is 167 Å². The van der Waals surface area contributed by atoms with Gasteiger partial charge in [0.15, 0.2) is 17.1 Å². The van der Waals surface area contributed by atoms with Gasteiger partial charge in [0, 0.05) is 34.4 Å². The molecule has 0 amide bonds. The number of esters is 1. The maximum absolute atomic E-state index is 14.4. The van der Waals surface area contributed by atoms with Crippen molar-refractivity contribution in [1.29, 1.82) is 0 Å². The smallest absolute Gasteiger partial charge is 0.360 e. The van der Waals surface area contributed by atoms with Gasteiger partial charge in [0.25, 0.3) is 6.29 Å². The maximum Gasteiger partial charge on any atom is 0.360 e. The van der Waals surface area contributed by atoms with Crippen molar-refractivity contribution in [2.24, 2.45) is 0 Å². The fourth-order valence-corrected chi connectivity index (χ4v) is 5.16. The van der Waals surface area contributed by atoms with Gasteiger partial charge >= 0.3 is 17.9 Å². The summed E-state index contributed by atoms with van der Waals surface area (Å²) < 4.78 is 65.9. The molecule has 0 aliphatic carbocycles. The first-order valence-corrected chi connectivity index (χ1v) is 16.1. The average molecular weight is 740 g/mol. The Morgan fingerprint density at radius 3 is 1.59 bits per heavy atom. The number of hydrogen-bond donors (Lipinski definition) is 2. The molecule has 6 aromatic rings. The van der Waals surface area contributed by atoms with E-state index >= 15 is 0 Å². The lowest BCUT2D eigenvalue weighted by Crippen LogP contribution is -2.24. The normalized spacial score (nSPS) is 11.8. The molecule has 0 spiro atoms. The minimum Gasteiger partial charge on any atom is -0.489 e. The zero-order valence-electron chi connectivity index (χ0n) is 28.4. The van der Waals surface area contributed by atoms with Crippen molar-refractivity contribution in [1.82, 2.24) is 15.0 Å². The van der Waals surface area contributed by atoms with Crippen LogP contribution in [-0.4, -0.2) is 62.6 Å². The molecule has 0 aliphatic heterocycles. The van der Waals surface area contributed by atoms with E-state index in [4.69, 9.17) is 18.9 Å². The third kappa shape index (κ3) is 8.53. The number of aromatic nitrogens is 3. The van der Waals surface area contributed by atoms with Gasteiger partial charge in [0.1, 0.15) is 47.9 Å². The Hall–Kier alpha value is -7.03. The summed E-state index contributed by atoms with van der Waals surface area (Å²) in [4.78, 5) is 49.6. The predicted molar refractivity (Wildman–Crippen MR) is 188 cm³/mol. The number of carboxylic acid groups (broad SMARTS) is 2. The molecule has 0 radical (unpaired) electrons. The maximum atomic E-state index is 14.4. The SMILES string of the molecule is CC(C)=CCOc1cc(C(=O)OC(/C=C/COc2cc(C(=O)O)nc3ccc(F)cc23)Oc2cc(C(=O)O)nc3ccc(F)cc23)nc2ccc(F)cc12. The number of carbonyl (C=O) groups excluding carboxylic acids is 1. The van der Waals surface area contributed by atoms with Gasteiger partial charge in [0.05, 0.1) is 16.6 Å². The minimum atomic E-state index is -1.65. The number of halogens is 3. The fraction of sp³-hybridized carbons (Fsp3) is 0.128. The molecule has 2 N–H and O–H groups in total. The van der Waals surface area contributed by atoms with Gasteiger partial charge in [-0.15, -0.1) is 0 Å². The molecule has 3 aromatic heterocycles. The number of ether oxygens (including phenoxy) is 4. The molecule has 0 saturated carbocycles. The molecule has 1 atom stereocenters. The third-order valence-corrected chi connectivity index (χ3v) is 7.67. The van der Waals surface area contributed by atoms with Crippen LogP contribution in [0.15, 0.2) is 96.6 Å². The number of hydrogen-bond acceptors (Lipinski definition) is 10. The second kappa shape index (κ2) is 15.7. The van der Waals surface area contributed by atoms with Crippen LogP contribution in [0.2, 0.25) is 0 Å². The Morgan fingerprint density at radius 1 is 0.648 bits per heavy atom. The summed E-state index contributed by atoms with van der Waals surface area (Å²) in [6.45, 7) is 3.52. The molecule has 0 aliphatic rings. The summed E-state index contributed by atoms with van der Waals surface area (Å²) in [7, 11) is 0. The Balaban J connectivity index is 1.35. The number of nitrogens with zero attached hydrogens (tertiary/aromatic N) is 3. The average Bonchev–Trinajstić information content (AvgIpc) is 3.13. The summed E-state index contributed by atoms with van der Waals surface area (Å²) in [5.41, 5.74) is 0.322. The minimum absolute atomic E-state index is 0.0184. The van der Waals surface area contributed by atoms with Crippen molar-refractivity contribution in [3.8, 4) is 17.2 Å². The van der Waals surface area contributed by atoms with E-state index in [1.54, 1.807) is 6.08 Å². The predicted octanol–water partition coefficient (Wildman–Crippen LogP) is 7.69. The van der Waals surface area contributed by atoms with Gasteiger partial charge in [0.2, 0.25) is 0 Å². The molecule has 1 unspecified atom stereocenters. The van der Waals surface area contributed by atoms with Crippen LogP contribution in [0.5, 0.6) is 17.2 Å². The first-order chi connectivity index (χ1) is 25.8. The van der Waals surface area contributed by atoms with E-state index in [1.807, 2.05) is 13.8 Å². The van der Waals surface area contributed by atoms with E-state index in [0.29, 0.717) is 5.39 Å². The highest BCUT2D eigenvalue weighted by Crippen LogP contribution is 2.31. The van der Waals surface area contributed by atoms with Crippen molar-refractivity contribution < 1.29 is 56.7 Å². The van der Waals surface area contributed by atoms with Crippen molar-refractivity contribution in [2.75, 3.05) is 13.2 Å². The molecule has 0 bridgehead atoms. The summed E-state index contributed by atoms with van der Waals surface area (Å²) in [6, 6.07) is 14.1. The molecule has 3 heterocycles. The van der Waals surface area contributed by atoms with Crippen molar-refractivity contribution in [2.45, 2.75) is 20.1 Å². The number of carbonyl (C=O) groups is 3. The Bertz CT molecular complexity index is 2520. The number of fused-ring (bicyclic) bond motifs is 3. The standard InChI is InChI=1S/C39H28F3N3O9/c1-20(2)11-13-52-34-19-32(45-28-9-6-22(41)15-25(28)34)39(50)54-36(53-35-18-31(38(48)49)44-29-10-7-23(42)16-26(29)35)4-3-12-51-33-17-30(37(46)47)43-27-8-5-21(40)14-24(27)33/h3-11,14-19,36H,12-13H2,1-2H3,(H,46,47)(H,48,49)/b4-3+. The number of rotatable bonds is 13. The number of aromatic carboxylic acids is 2. The zero-order chi connectivity index (χ0) is 38.5. The molecule has 274 valence electrons. The number of carboxylic acids is 2. The first kappa shape index (κ1) is 36.8. The van der Waals surface area contributed by atoms with E-state index in [9.17, 15) is 37.8 Å². The lowest BCUT2D eigenvalue weighted by molar-refractivity contribution is -0.0217. The summed E-state index contributed by atoms with van der Waals surface area (Å²) in [6.07, 6.45) is 2.67. The largest absolute Gasteiger partial charge is 0.489 e. The third-order valence-electron chi connectivity index (χ3n) is 7.67. The Labute approximate surface area is 303 Å². The highest BCUT2D eigenvalue weighted by Gasteiger charge is 2.22. The zero-order valence-corrected chi connectivity index (χ0v) is 28.4. The van der Waals surface area contributed by atoms with Crippen LogP contribution in [-0.2, 0) is 4.74 Å². The quantitative estimate of drug-likeness (QED) is 0.0675. The van der Waals surface area contributed by atoms with Crippen molar-refractivity contribution in [3.63, 3.8) is 0 Å². The summed E-state index contributed by atoms with van der Waals surface area (Å²) in [5, 5.41) is 19.7. The Morgan fingerprint density at radius 2 is 1.09 bits per heavy atom. The summed E-state index contributed by atoms with van der Waals surface area (Å²) in [5.74, 6) is -5.77. The fourth-order valence-electron chi connectivity index (χ4n) is 5.16. The number of allylic oxidation sites excluding steroid dienone is 1. The van der Waals surface area contributed by atoms with E-state index in [0.717, 1.165) is 48.0 Å². The van der Waals surface area contributed by atoms with E-state index in [2.05, 4.69) is 15.0 Å². The van der Waals surface area contributed by atoms with Gasteiger partial charge in [-0.05, 0) is 86.7 Å². The second-order valence-corrected chi connectivity index (χ2v) is 11.8. The van der Waals surface area contributed by atoms with Crippen LogP contribution in [0.25, 0.3) is 32.7 Å². The van der Waals surface area contributed by atoms with Gasteiger partial charge in [-0.25, -0.2) is 42.5 Å². The molecule has 3 aromatic carbocycles. The lowest BCUT2D eigenvalue weighted by Gasteiger charge is -2.18. The van der Waals surface area contributed by atoms with E-state index in [-0.39, 0.29) is 69.2 Å². The molecule has 12 nitrogen and oxygen atoms in total. The number of pyridine rings is 3. The molecule has 54 heavy (non-hydrogen) atoms. The van der Waals surface area contributed by atoms with Gasteiger partial charge in [-0.3, -0.25) is 0 Å². The van der Waals surface area contributed by atoms with Crippen LogP contribution >= 0.6 is 0 Å². The molecule has 6 rings (SSSR count). The van der Waals surface area contributed by atoms with E-state index < -0.39 is 47.3 Å². The van der Waals surface area contributed by atoms with Crippen LogP contribution in [0.1, 0.15) is 45.3 Å². The van der Waals surface area contributed by atoms with Crippen LogP contribution in [0, 0.1) is 17.5 Å². The summed E-state index contributed by atoms with van der Waals surface area (Å²) >= 11 is 0. The van der Waals surface area contributed by atoms with Gasteiger partial charge in [-0.2, -0.15) is 0 Å². The second-order valence-electron chi connectivity index (χ2n) is 11.8.